The summed E-state index contributed by atoms with van der Waals surface area (Å²) in [5, 5.41) is 3.47. The van der Waals surface area contributed by atoms with E-state index in [2.05, 4.69) is 10.2 Å². The number of rotatable bonds is 9. The highest BCUT2D eigenvalue weighted by atomic mass is 35.5. The van der Waals surface area contributed by atoms with Crippen molar-refractivity contribution < 1.29 is 14.3 Å². The van der Waals surface area contributed by atoms with Gasteiger partial charge in [-0.3, -0.25) is 4.79 Å². The zero-order valence-corrected chi connectivity index (χ0v) is 16.2. The Balaban J connectivity index is 1.76. The third-order valence-corrected chi connectivity index (χ3v) is 4.29. The minimum Gasteiger partial charge on any atom is -0.493 e. The van der Waals surface area contributed by atoms with Crippen LogP contribution >= 0.6 is 11.6 Å². The van der Waals surface area contributed by atoms with Crippen LogP contribution in [0.25, 0.3) is 0 Å². The number of anilines is 1. The number of likely N-dealkylation sites (N-methyl/N-ethyl adjacent to an activating group) is 1. The van der Waals surface area contributed by atoms with Crippen molar-refractivity contribution >= 4 is 23.2 Å². The van der Waals surface area contributed by atoms with Gasteiger partial charge in [0, 0.05) is 30.2 Å². The molecule has 0 bridgehead atoms. The van der Waals surface area contributed by atoms with E-state index < -0.39 is 0 Å². The molecule has 0 aromatic heterocycles. The number of halogens is 1. The molecule has 26 heavy (non-hydrogen) atoms. The number of amides is 1. The normalized spacial score (nSPS) is 10.7. The molecule has 2 rings (SSSR count). The van der Waals surface area contributed by atoms with Crippen LogP contribution in [0, 0.1) is 0 Å². The first-order valence-corrected chi connectivity index (χ1v) is 8.84. The topological polar surface area (TPSA) is 50.8 Å². The summed E-state index contributed by atoms with van der Waals surface area (Å²) in [6.07, 6.45) is 1.29. The van der Waals surface area contributed by atoms with Crippen molar-refractivity contribution in [3.8, 4) is 11.5 Å². The summed E-state index contributed by atoms with van der Waals surface area (Å²) >= 11 is 5.92. The number of nitrogens with one attached hydrogen (secondary N) is 1. The molecule has 5 nitrogen and oxygen atoms in total. The number of hydrogen-bond acceptors (Lipinski definition) is 4. The van der Waals surface area contributed by atoms with Crippen LogP contribution in [0.4, 0.5) is 5.69 Å². The Kier molecular flexibility index (Phi) is 7.75. The SMILES string of the molecule is COc1ccc(CCN(C)CCC(=O)Nc2cccc(Cl)c2)cc1OC. The van der Waals surface area contributed by atoms with Gasteiger partial charge in [0.1, 0.15) is 0 Å². The van der Waals surface area contributed by atoms with Crippen LogP contribution in [0.15, 0.2) is 42.5 Å². The van der Waals surface area contributed by atoms with Gasteiger partial charge in [0.25, 0.3) is 0 Å². The lowest BCUT2D eigenvalue weighted by Gasteiger charge is -2.17. The van der Waals surface area contributed by atoms with Gasteiger partial charge in [-0.05, 0) is 49.4 Å². The fourth-order valence-corrected chi connectivity index (χ4v) is 2.74. The van der Waals surface area contributed by atoms with Crippen molar-refractivity contribution in [3.05, 3.63) is 53.1 Å². The maximum Gasteiger partial charge on any atom is 0.225 e. The first-order chi connectivity index (χ1) is 12.5. The highest BCUT2D eigenvalue weighted by Crippen LogP contribution is 2.27. The Labute approximate surface area is 159 Å². The van der Waals surface area contributed by atoms with Crippen LogP contribution in [0.2, 0.25) is 5.02 Å². The second-order valence-electron chi connectivity index (χ2n) is 6.05. The van der Waals surface area contributed by atoms with E-state index in [1.165, 1.54) is 0 Å². The Hall–Kier alpha value is -2.24. The summed E-state index contributed by atoms with van der Waals surface area (Å²) in [5.41, 5.74) is 1.88. The van der Waals surface area contributed by atoms with Gasteiger partial charge in [-0.25, -0.2) is 0 Å². The molecule has 0 fully saturated rings. The zero-order chi connectivity index (χ0) is 18.9. The van der Waals surface area contributed by atoms with E-state index in [-0.39, 0.29) is 5.91 Å². The first kappa shape index (κ1) is 20.1. The molecule has 2 aromatic rings. The molecule has 0 unspecified atom stereocenters. The fourth-order valence-electron chi connectivity index (χ4n) is 2.55. The predicted octanol–water partition coefficient (Wildman–Crippen LogP) is 3.86. The third kappa shape index (κ3) is 6.24. The van der Waals surface area contributed by atoms with Crippen molar-refractivity contribution in [3.63, 3.8) is 0 Å². The number of ether oxygens (including phenoxy) is 2. The molecule has 140 valence electrons. The molecule has 0 saturated carbocycles. The molecular weight excluding hydrogens is 352 g/mol. The van der Waals surface area contributed by atoms with E-state index in [9.17, 15) is 4.79 Å². The maximum absolute atomic E-state index is 12.0. The second-order valence-corrected chi connectivity index (χ2v) is 6.49. The minimum atomic E-state index is -0.0229. The summed E-state index contributed by atoms with van der Waals surface area (Å²) < 4.78 is 10.6. The summed E-state index contributed by atoms with van der Waals surface area (Å²) in [4.78, 5) is 14.2. The lowest BCUT2D eigenvalue weighted by Crippen LogP contribution is -2.26. The van der Waals surface area contributed by atoms with Crippen molar-refractivity contribution in [2.45, 2.75) is 12.8 Å². The number of benzene rings is 2. The van der Waals surface area contributed by atoms with Gasteiger partial charge >= 0.3 is 0 Å². The monoisotopic (exact) mass is 376 g/mol. The van der Waals surface area contributed by atoms with Gasteiger partial charge in [-0.2, -0.15) is 0 Å². The summed E-state index contributed by atoms with van der Waals surface area (Å²) in [5.74, 6) is 1.43. The van der Waals surface area contributed by atoms with E-state index in [1.807, 2.05) is 37.4 Å². The van der Waals surface area contributed by atoms with Gasteiger partial charge < -0.3 is 19.7 Å². The van der Waals surface area contributed by atoms with E-state index in [0.717, 1.165) is 35.7 Å². The van der Waals surface area contributed by atoms with E-state index in [1.54, 1.807) is 26.4 Å². The minimum absolute atomic E-state index is 0.0229. The molecule has 0 heterocycles. The molecular formula is C20H25ClN2O3. The summed E-state index contributed by atoms with van der Waals surface area (Å²) in [6.45, 7) is 1.53. The Morgan fingerprint density at radius 3 is 2.54 bits per heavy atom. The van der Waals surface area contributed by atoms with Crippen molar-refractivity contribution in [2.75, 3.05) is 39.7 Å². The molecule has 0 spiro atoms. The van der Waals surface area contributed by atoms with E-state index in [4.69, 9.17) is 21.1 Å². The highest BCUT2D eigenvalue weighted by molar-refractivity contribution is 6.30. The van der Waals surface area contributed by atoms with E-state index in [0.29, 0.717) is 18.0 Å². The molecule has 0 aliphatic carbocycles. The number of carbonyl (C=O) groups is 1. The predicted molar refractivity (Wildman–Crippen MR) is 105 cm³/mol. The first-order valence-electron chi connectivity index (χ1n) is 8.46. The van der Waals surface area contributed by atoms with Gasteiger partial charge in [0.2, 0.25) is 5.91 Å². The lowest BCUT2D eigenvalue weighted by atomic mass is 10.1. The van der Waals surface area contributed by atoms with Crippen LogP contribution in [-0.2, 0) is 11.2 Å². The molecule has 0 aliphatic heterocycles. The van der Waals surface area contributed by atoms with Gasteiger partial charge in [0.05, 0.1) is 14.2 Å². The molecule has 1 amide bonds. The van der Waals surface area contributed by atoms with Crippen LogP contribution in [0.5, 0.6) is 11.5 Å². The Bertz CT molecular complexity index is 737. The second kappa shape index (κ2) is 10.0. The van der Waals surface area contributed by atoms with Crippen molar-refractivity contribution in [1.82, 2.24) is 4.90 Å². The van der Waals surface area contributed by atoms with E-state index >= 15 is 0 Å². The molecule has 1 N–H and O–H groups in total. The van der Waals surface area contributed by atoms with Crippen LogP contribution in [0.3, 0.4) is 0 Å². The zero-order valence-electron chi connectivity index (χ0n) is 15.4. The molecule has 0 saturated heterocycles. The average Bonchev–Trinajstić information content (AvgIpc) is 2.64. The summed E-state index contributed by atoms with van der Waals surface area (Å²) in [7, 11) is 5.26. The molecule has 0 aliphatic rings. The maximum atomic E-state index is 12.0. The molecule has 2 aromatic carbocycles. The molecule has 6 heteroatoms. The van der Waals surface area contributed by atoms with Crippen molar-refractivity contribution in [2.24, 2.45) is 0 Å². The lowest BCUT2D eigenvalue weighted by molar-refractivity contribution is -0.116. The number of carbonyl (C=O) groups excluding carboxylic acids is 1. The van der Waals surface area contributed by atoms with Crippen LogP contribution < -0.4 is 14.8 Å². The van der Waals surface area contributed by atoms with Gasteiger partial charge in [-0.1, -0.05) is 23.7 Å². The van der Waals surface area contributed by atoms with Gasteiger partial charge in [-0.15, -0.1) is 0 Å². The third-order valence-electron chi connectivity index (χ3n) is 4.06. The molecule has 0 atom stereocenters. The number of nitrogens with zero attached hydrogens (tertiary/aromatic N) is 1. The molecule has 0 radical (unpaired) electrons. The Morgan fingerprint density at radius 1 is 1.08 bits per heavy atom. The smallest absolute Gasteiger partial charge is 0.225 e. The van der Waals surface area contributed by atoms with Gasteiger partial charge in [0.15, 0.2) is 11.5 Å². The van der Waals surface area contributed by atoms with Crippen LogP contribution in [0.1, 0.15) is 12.0 Å². The number of hydrogen-bond donors (Lipinski definition) is 1. The quantitative estimate of drug-likeness (QED) is 0.722. The fraction of sp³-hybridized carbons (Fsp3) is 0.350. The van der Waals surface area contributed by atoms with Crippen molar-refractivity contribution in [1.29, 1.82) is 0 Å². The standard InChI is InChI=1S/C20H25ClN2O3/c1-23(11-9-15-7-8-18(25-2)19(13-15)26-3)12-10-20(24)22-17-6-4-5-16(21)14-17/h4-8,13-14H,9-12H2,1-3H3,(H,22,24). The largest absolute Gasteiger partial charge is 0.493 e. The Morgan fingerprint density at radius 2 is 1.85 bits per heavy atom. The highest BCUT2D eigenvalue weighted by Gasteiger charge is 2.08. The van der Waals surface area contributed by atoms with Crippen LogP contribution in [-0.4, -0.2) is 45.2 Å². The average molecular weight is 377 g/mol. The summed E-state index contributed by atoms with van der Waals surface area (Å²) in [6, 6.07) is 13.1. The number of methoxy groups -OCH3 is 2.